The van der Waals surface area contributed by atoms with E-state index < -0.39 is 128 Å². The smallest absolute Gasteiger partial charge is 0.397 e. The van der Waals surface area contributed by atoms with E-state index in [1.54, 1.807) is 0 Å². The highest BCUT2D eigenvalue weighted by Crippen LogP contribution is 2.50. The van der Waals surface area contributed by atoms with Crippen LogP contribution in [0.3, 0.4) is 0 Å². The van der Waals surface area contributed by atoms with E-state index in [-0.39, 0.29) is 51.6 Å². The molecule has 4 aromatic carbocycles. The maximum Gasteiger partial charge on any atom is 0.397 e. The lowest BCUT2D eigenvalue weighted by atomic mass is 10.1. The minimum Gasteiger partial charge on any atom is -0.505 e. The minimum absolute atomic E-state index is 0.0243. The van der Waals surface area contributed by atoms with Gasteiger partial charge in [-0.3, -0.25) is 17.8 Å². The second kappa shape index (κ2) is 20.7. The van der Waals surface area contributed by atoms with Crippen molar-refractivity contribution in [3.63, 3.8) is 0 Å². The van der Waals surface area contributed by atoms with Crippen molar-refractivity contribution >= 4 is 114 Å². The number of rotatable bonds is 22. The molecule has 0 saturated heterocycles. The average molecular weight is 1030 g/mol. The van der Waals surface area contributed by atoms with Gasteiger partial charge in [0.05, 0.1) is 69.6 Å². The van der Waals surface area contributed by atoms with Gasteiger partial charge in [0.15, 0.2) is 37.7 Å². The fraction of sp³-hybridized carbons (Fsp3) is 0.214. The number of sulfone groups is 2. The first kappa shape index (κ1) is 51.4. The number of hydrogen-bond donors (Lipinski definition) is 7. The molecule has 0 unspecified atom stereocenters. The summed E-state index contributed by atoms with van der Waals surface area (Å²) in [4.78, 5) is -3.55. The lowest BCUT2D eigenvalue weighted by Crippen LogP contribution is -2.16. The summed E-state index contributed by atoms with van der Waals surface area (Å²) >= 11 is 0.181. The molecule has 0 radical (unpaired) electrons. The standard InChI is InChI=1S/C28H29N5O23S7/c1-14-9-18(19(50-2)13-21(14)60(39,40)8-6-52-63(47,48)49)31-33-27-23(62(44,45)46)11-15-10-20(57-55-53-35)26(28(34)24(15)25(27)29)32-30-17-4-3-16(12-22(17)61(41,42)43)59(37,38)7-5-51-58-56-54-36/h3-4,9-13,34-36H,5-8,29H2,1-2H3,(H,41,42,43)(H,44,45,46)(H,47,48,49). The van der Waals surface area contributed by atoms with Crippen LogP contribution in [0.15, 0.2) is 87.4 Å². The molecule has 0 amide bonds. The number of aromatic hydroxyl groups is 1. The molecule has 0 saturated carbocycles. The molecule has 0 aliphatic heterocycles. The molecule has 8 N–H and O–H groups in total. The number of nitrogens with zero attached hydrogens (tertiary/aromatic N) is 4. The number of azo groups is 2. The van der Waals surface area contributed by atoms with Gasteiger partial charge in [0.2, 0.25) is 0 Å². The summed E-state index contributed by atoms with van der Waals surface area (Å²) in [6.07, 6.45) is 0. The lowest BCUT2D eigenvalue weighted by Gasteiger charge is -2.14. The molecule has 0 heterocycles. The SMILES string of the molecule is COc1cc(S(=O)(=O)CCOS(=O)(=O)O)c(C)cc1N=Nc1c(S(=O)(=O)O)cc2cc(SOOO)c(N=Nc3ccc(S(=O)(=O)CCOSOOO)cc3S(=O)(=O)O)c(O)c2c1N. The molecule has 4 rings (SSSR count). The summed E-state index contributed by atoms with van der Waals surface area (Å²) in [7, 11) is -23.0. The van der Waals surface area contributed by atoms with Crippen LogP contribution in [-0.2, 0) is 77.4 Å². The van der Waals surface area contributed by atoms with Crippen LogP contribution in [0, 0.1) is 6.92 Å². The topological polar surface area (TPSA) is 432 Å². The third kappa shape index (κ3) is 13.2. The molecule has 346 valence electrons. The van der Waals surface area contributed by atoms with Gasteiger partial charge in [0, 0.05) is 6.07 Å². The summed E-state index contributed by atoms with van der Waals surface area (Å²) < 4.78 is 174. The normalized spacial score (nSPS) is 13.1. The molecular weight excluding hydrogens is 999 g/mol. The van der Waals surface area contributed by atoms with Crippen molar-refractivity contribution in [2.24, 2.45) is 20.5 Å². The summed E-state index contributed by atoms with van der Waals surface area (Å²) in [6, 6.07) is 6.02. The van der Waals surface area contributed by atoms with Crippen molar-refractivity contribution in [2.45, 2.75) is 31.4 Å². The number of anilines is 1. The molecule has 0 aliphatic rings. The Labute approximate surface area is 364 Å². The second-order valence-corrected chi connectivity index (χ2v) is 21.0. The summed E-state index contributed by atoms with van der Waals surface area (Å²) in [5, 5.41) is 49.8. The highest BCUT2D eigenvalue weighted by Gasteiger charge is 2.28. The Morgan fingerprint density at radius 3 is 1.92 bits per heavy atom. The minimum atomic E-state index is -5.27. The Morgan fingerprint density at radius 2 is 1.32 bits per heavy atom. The number of ether oxygens (including phenoxy) is 1. The van der Waals surface area contributed by atoms with Crippen molar-refractivity contribution in [3.05, 3.63) is 48.0 Å². The number of hydrogen-bond acceptors (Lipinski definition) is 27. The fourth-order valence-electron chi connectivity index (χ4n) is 5.13. The van der Waals surface area contributed by atoms with Gasteiger partial charge in [-0.2, -0.15) is 25.3 Å². The second-order valence-electron chi connectivity index (χ2n) is 11.7. The Morgan fingerprint density at radius 1 is 0.698 bits per heavy atom. The van der Waals surface area contributed by atoms with Crippen LogP contribution in [0.1, 0.15) is 5.56 Å². The van der Waals surface area contributed by atoms with Crippen LogP contribution in [-0.4, -0.2) is 103 Å². The van der Waals surface area contributed by atoms with E-state index in [0.717, 1.165) is 43.5 Å². The zero-order valence-corrected chi connectivity index (χ0v) is 36.9. The molecule has 35 heteroatoms. The van der Waals surface area contributed by atoms with E-state index in [9.17, 15) is 56.3 Å². The molecule has 28 nitrogen and oxygen atoms in total. The fourth-order valence-corrected chi connectivity index (χ4v) is 10.2. The highest BCUT2D eigenvalue weighted by molar-refractivity contribution is 7.94. The van der Waals surface area contributed by atoms with Gasteiger partial charge in [0.25, 0.3) is 20.2 Å². The molecule has 4 aromatic rings. The quantitative estimate of drug-likeness (QED) is 0.0108. The summed E-state index contributed by atoms with van der Waals surface area (Å²) in [5.74, 6) is -2.97. The summed E-state index contributed by atoms with van der Waals surface area (Å²) in [5.41, 5.74) is 3.06. The van der Waals surface area contributed by atoms with Crippen molar-refractivity contribution in [2.75, 3.05) is 37.6 Å². The third-order valence-corrected chi connectivity index (χ3v) is 14.5. The average Bonchev–Trinajstić information content (AvgIpc) is 3.17. The number of fused-ring (bicyclic) bond motifs is 1. The van der Waals surface area contributed by atoms with Crippen molar-refractivity contribution in [1.82, 2.24) is 0 Å². The van der Waals surface area contributed by atoms with Gasteiger partial charge in [-0.15, -0.1) is 29.1 Å². The molecule has 63 heavy (non-hydrogen) atoms. The van der Waals surface area contributed by atoms with Gasteiger partial charge < -0.3 is 15.6 Å². The Bertz CT molecular complexity index is 3020. The van der Waals surface area contributed by atoms with Gasteiger partial charge in [0.1, 0.15) is 38.3 Å². The molecule has 0 atom stereocenters. The summed E-state index contributed by atoms with van der Waals surface area (Å²) in [6.45, 7) is -0.223. The molecule has 0 aliphatic carbocycles. The molecule has 0 spiro atoms. The van der Waals surface area contributed by atoms with E-state index in [2.05, 4.69) is 43.4 Å². The molecular formula is C28H29N5O23S7. The monoisotopic (exact) mass is 1030 g/mol. The zero-order valence-electron chi connectivity index (χ0n) is 31.2. The first-order valence-electron chi connectivity index (χ1n) is 16.0. The molecule has 0 aromatic heterocycles. The van der Waals surface area contributed by atoms with Crippen LogP contribution in [0.2, 0.25) is 0 Å². The third-order valence-electron chi connectivity index (χ3n) is 7.77. The number of phenolic OH excluding ortho intramolecular Hbond substituents is 1. The number of methoxy groups -OCH3 is 1. The van der Waals surface area contributed by atoms with Crippen LogP contribution >= 0.6 is 24.4 Å². The molecule has 0 fully saturated rings. The molecule has 0 bridgehead atoms. The van der Waals surface area contributed by atoms with Gasteiger partial charge in [-0.25, -0.2) is 31.5 Å². The van der Waals surface area contributed by atoms with Crippen LogP contribution < -0.4 is 10.5 Å². The van der Waals surface area contributed by atoms with Crippen molar-refractivity contribution < 1.29 is 103 Å². The lowest BCUT2D eigenvalue weighted by molar-refractivity contribution is -0.434. The van der Waals surface area contributed by atoms with Crippen molar-refractivity contribution in [3.8, 4) is 11.5 Å². The largest absolute Gasteiger partial charge is 0.505 e. The predicted octanol–water partition coefficient (Wildman–Crippen LogP) is 4.56. The van der Waals surface area contributed by atoms with Gasteiger partial charge in [-0.05, 0) is 54.3 Å². The first-order chi connectivity index (χ1) is 29.3. The van der Waals surface area contributed by atoms with E-state index in [1.165, 1.54) is 6.92 Å². The van der Waals surface area contributed by atoms with Gasteiger partial charge >= 0.3 is 10.4 Å². The first-order valence-corrected chi connectivity index (χ1v) is 24.9. The Kier molecular flexibility index (Phi) is 16.9. The van der Waals surface area contributed by atoms with Crippen LogP contribution in [0.25, 0.3) is 10.8 Å². The van der Waals surface area contributed by atoms with E-state index >= 15 is 0 Å². The van der Waals surface area contributed by atoms with Crippen molar-refractivity contribution in [1.29, 1.82) is 0 Å². The predicted molar refractivity (Wildman–Crippen MR) is 213 cm³/mol. The number of aryl methyl sites for hydroxylation is 1. The van der Waals surface area contributed by atoms with Crippen LogP contribution in [0.5, 0.6) is 11.5 Å². The number of benzene rings is 4. The van der Waals surface area contributed by atoms with E-state index in [1.807, 2.05) is 0 Å². The van der Waals surface area contributed by atoms with Gasteiger partial charge in [-0.1, -0.05) is 10.1 Å². The zero-order chi connectivity index (χ0) is 47.1. The Balaban J connectivity index is 1.88. The van der Waals surface area contributed by atoms with Crippen LogP contribution in [0.4, 0.5) is 28.4 Å². The highest BCUT2D eigenvalue weighted by atomic mass is 32.3. The maximum absolute atomic E-state index is 12.9. The number of nitrogen functional groups attached to an aromatic ring is 1. The number of phenols is 1. The van der Waals surface area contributed by atoms with E-state index in [4.69, 9.17) is 29.7 Å². The van der Waals surface area contributed by atoms with E-state index in [0.29, 0.717) is 6.07 Å². The maximum atomic E-state index is 12.9. The number of nitrogens with two attached hydrogens (primary N) is 1. The Hall–Kier alpha value is -4.25.